The predicted octanol–water partition coefficient (Wildman–Crippen LogP) is 8.85. The van der Waals surface area contributed by atoms with Gasteiger partial charge in [-0.15, -0.1) is 12.4 Å². The number of fused-ring (bicyclic) bond motifs is 1. The maximum atomic E-state index is 13.1. The van der Waals surface area contributed by atoms with Crippen molar-refractivity contribution in [2.75, 3.05) is 39.6 Å². The normalized spacial score (nSPS) is 13.8. The molecule has 0 unspecified atom stereocenters. The molecule has 7 rings (SSSR count). The van der Waals surface area contributed by atoms with E-state index in [1.165, 1.54) is 16.7 Å². The number of rotatable bonds is 13. The second-order valence-electron chi connectivity index (χ2n) is 13.2. The minimum atomic E-state index is -0.0139. The Labute approximate surface area is 327 Å². The third-order valence-corrected chi connectivity index (χ3v) is 9.51. The van der Waals surface area contributed by atoms with Crippen LogP contribution in [0.3, 0.4) is 0 Å². The number of ether oxygens (including phenoxy) is 5. The lowest BCUT2D eigenvalue weighted by Gasteiger charge is -2.34. The van der Waals surface area contributed by atoms with E-state index in [4.69, 9.17) is 35.3 Å². The summed E-state index contributed by atoms with van der Waals surface area (Å²) in [4.78, 5) is 21.7. The smallest absolute Gasteiger partial charge is 0.246 e. The van der Waals surface area contributed by atoms with Crippen LogP contribution in [0.4, 0.5) is 0 Å². The number of benzene rings is 4. The van der Waals surface area contributed by atoms with Gasteiger partial charge in [-0.3, -0.25) is 9.69 Å². The number of aromatic nitrogens is 1. The van der Waals surface area contributed by atoms with Crippen LogP contribution >= 0.6 is 24.0 Å². The standard InChI is InChI=1S/C43H42ClN3O6.ClH/c1-30-3-5-34(6-4-30)28-50-37-13-15-41(45-26-37)53-43-31(2)23-35(24-38(43)44)11-16-42(48)47-20-18-46(19-21-47)27-33-9-7-32(8-10-33)17-22-49-36-12-14-39-40(25-36)52-29-51-39;/h3-16,23-26H,17-22,27-29H2,1-2H3;1H. The van der Waals surface area contributed by atoms with Gasteiger partial charge < -0.3 is 28.6 Å². The van der Waals surface area contributed by atoms with Gasteiger partial charge in [0.15, 0.2) is 17.2 Å². The number of aryl methyl sites for hydroxylation is 2. The Morgan fingerprint density at radius 1 is 0.815 bits per heavy atom. The van der Waals surface area contributed by atoms with Crippen LogP contribution in [-0.4, -0.2) is 60.3 Å². The highest BCUT2D eigenvalue weighted by Gasteiger charge is 2.20. The zero-order valence-corrected chi connectivity index (χ0v) is 31.9. The molecule has 0 spiro atoms. The van der Waals surface area contributed by atoms with Gasteiger partial charge in [0.2, 0.25) is 18.6 Å². The van der Waals surface area contributed by atoms with E-state index in [9.17, 15) is 4.79 Å². The van der Waals surface area contributed by atoms with E-state index in [1.807, 2.05) is 54.3 Å². The number of carbonyl (C=O) groups is 1. The quantitative estimate of drug-likeness (QED) is 0.110. The summed E-state index contributed by atoms with van der Waals surface area (Å²) in [7, 11) is 0. The van der Waals surface area contributed by atoms with Gasteiger partial charge in [-0.1, -0.05) is 65.7 Å². The average Bonchev–Trinajstić information content (AvgIpc) is 3.65. The van der Waals surface area contributed by atoms with Crippen molar-refractivity contribution in [2.45, 2.75) is 33.4 Å². The van der Waals surface area contributed by atoms with E-state index in [2.05, 4.69) is 53.2 Å². The van der Waals surface area contributed by atoms with Gasteiger partial charge in [0, 0.05) is 57.4 Å². The predicted molar refractivity (Wildman–Crippen MR) is 212 cm³/mol. The summed E-state index contributed by atoms with van der Waals surface area (Å²) in [5.74, 6) is 3.81. The highest BCUT2D eigenvalue weighted by molar-refractivity contribution is 6.32. The molecular weight excluding hydrogens is 725 g/mol. The first kappa shape index (κ1) is 38.5. The number of halogens is 2. The van der Waals surface area contributed by atoms with Gasteiger partial charge >= 0.3 is 0 Å². The first-order chi connectivity index (χ1) is 25.8. The second-order valence-corrected chi connectivity index (χ2v) is 13.6. The molecule has 4 aromatic carbocycles. The lowest BCUT2D eigenvalue weighted by Crippen LogP contribution is -2.47. The molecule has 5 aromatic rings. The van der Waals surface area contributed by atoms with Gasteiger partial charge in [-0.25, -0.2) is 4.98 Å². The van der Waals surface area contributed by atoms with Crippen molar-refractivity contribution in [3.63, 3.8) is 0 Å². The lowest BCUT2D eigenvalue weighted by molar-refractivity contribution is -0.127. The van der Waals surface area contributed by atoms with E-state index in [0.717, 1.165) is 60.0 Å². The Hall–Kier alpha value is -5.22. The van der Waals surface area contributed by atoms with E-state index in [-0.39, 0.29) is 25.1 Å². The molecule has 2 aliphatic rings. The molecule has 3 heterocycles. The Morgan fingerprint density at radius 2 is 1.54 bits per heavy atom. The molecule has 0 bridgehead atoms. The number of amides is 1. The summed E-state index contributed by atoms with van der Waals surface area (Å²) >= 11 is 6.64. The molecule has 1 fully saturated rings. The number of hydrogen-bond donors (Lipinski definition) is 0. The molecule has 0 radical (unpaired) electrons. The molecule has 54 heavy (non-hydrogen) atoms. The van der Waals surface area contributed by atoms with Crippen LogP contribution in [0, 0.1) is 13.8 Å². The second kappa shape index (κ2) is 18.2. The molecule has 0 N–H and O–H groups in total. The summed E-state index contributed by atoms with van der Waals surface area (Å²) in [6.45, 7) is 9.09. The zero-order valence-electron chi connectivity index (χ0n) is 30.3. The van der Waals surface area contributed by atoms with Gasteiger partial charge in [0.25, 0.3) is 0 Å². The van der Waals surface area contributed by atoms with Crippen LogP contribution < -0.4 is 23.7 Å². The summed E-state index contributed by atoms with van der Waals surface area (Å²) in [5.41, 5.74) is 6.43. The van der Waals surface area contributed by atoms with E-state index < -0.39 is 0 Å². The van der Waals surface area contributed by atoms with Gasteiger partial charge in [0.1, 0.15) is 18.1 Å². The fraction of sp³-hybridized carbons (Fsp3) is 0.256. The Balaban J connectivity index is 0.00000497. The molecule has 2 aliphatic heterocycles. The first-order valence-corrected chi connectivity index (χ1v) is 18.1. The molecule has 9 nitrogen and oxygen atoms in total. The molecule has 1 aromatic heterocycles. The Bertz CT molecular complexity index is 2030. The van der Waals surface area contributed by atoms with Crippen molar-refractivity contribution in [1.29, 1.82) is 0 Å². The van der Waals surface area contributed by atoms with E-state index >= 15 is 0 Å². The highest BCUT2D eigenvalue weighted by Crippen LogP contribution is 2.36. The SMILES string of the molecule is Cc1ccc(COc2ccc(Oc3c(C)cc(C=CC(=O)N4CCN(Cc5ccc(CCOc6ccc7c(c6)OCO7)cc5)CC4)cc3Cl)nc2)cc1.Cl. The molecule has 11 heteroatoms. The maximum Gasteiger partial charge on any atom is 0.246 e. The highest BCUT2D eigenvalue weighted by atomic mass is 35.5. The summed E-state index contributed by atoms with van der Waals surface area (Å²) in [6, 6.07) is 29.8. The van der Waals surface area contributed by atoms with Crippen LogP contribution in [0.15, 0.2) is 103 Å². The molecular formula is C43H43Cl2N3O6. The van der Waals surface area contributed by atoms with Crippen LogP contribution in [0.1, 0.15) is 33.4 Å². The summed E-state index contributed by atoms with van der Waals surface area (Å²) < 4.78 is 28.6. The van der Waals surface area contributed by atoms with Gasteiger partial charge in [0.05, 0.1) is 17.8 Å². The molecule has 280 valence electrons. The third-order valence-electron chi connectivity index (χ3n) is 9.23. The Morgan fingerprint density at radius 3 is 2.28 bits per heavy atom. The number of hydrogen-bond acceptors (Lipinski definition) is 8. The fourth-order valence-corrected chi connectivity index (χ4v) is 6.49. The van der Waals surface area contributed by atoms with Crippen molar-refractivity contribution < 1.29 is 28.5 Å². The van der Waals surface area contributed by atoms with E-state index in [1.54, 1.807) is 30.5 Å². The lowest BCUT2D eigenvalue weighted by atomic mass is 10.1. The van der Waals surface area contributed by atoms with Crippen LogP contribution in [0.25, 0.3) is 6.08 Å². The van der Waals surface area contributed by atoms with Crippen molar-refractivity contribution in [3.8, 4) is 34.6 Å². The van der Waals surface area contributed by atoms with Crippen LogP contribution in [-0.2, 0) is 24.4 Å². The van der Waals surface area contributed by atoms with Crippen molar-refractivity contribution >= 4 is 36.0 Å². The minimum absolute atomic E-state index is 0. The molecule has 0 saturated carbocycles. The number of pyridine rings is 1. The number of carbonyl (C=O) groups excluding carboxylic acids is 1. The zero-order chi connectivity index (χ0) is 36.6. The monoisotopic (exact) mass is 767 g/mol. The van der Waals surface area contributed by atoms with Crippen molar-refractivity contribution in [2.24, 2.45) is 0 Å². The average molecular weight is 769 g/mol. The van der Waals surface area contributed by atoms with Gasteiger partial charge in [-0.2, -0.15) is 0 Å². The first-order valence-electron chi connectivity index (χ1n) is 17.8. The summed E-state index contributed by atoms with van der Waals surface area (Å²) in [6.07, 6.45) is 5.87. The number of nitrogens with zero attached hydrogens (tertiary/aromatic N) is 3. The number of piperazine rings is 1. The van der Waals surface area contributed by atoms with Crippen molar-refractivity contribution in [3.05, 3.63) is 142 Å². The fourth-order valence-electron chi connectivity index (χ4n) is 6.17. The largest absolute Gasteiger partial charge is 0.493 e. The topological polar surface area (TPSA) is 82.6 Å². The minimum Gasteiger partial charge on any atom is -0.493 e. The van der Waals surface area contributed by atoms with E-state index in [0.29, 0.717) is 48.7 Å². The molecule has 1 amide bonds. The summed E-state index contributed by atoms with van der Waals surface area (Å²) in [5, 5.41) is 0.440. The van der Waals surface area contributed by atoms with Crippen LogP contribution in [0.2, 0.25) is 5.02 Å². The Kier molecular flexibility index (Phi) is 13.0. The molecule has 1 saturated heterocycles. The van der Waals surface area contributed by atoms with Crippen LogP contribution in [0.5, 0.6) is 34.6 Å². The van der Waals surface area contributed by atoms with Crippen molar-refractivity contribution in [1.82, 2.24) is 14.8 Å². The molecule has 0 aliphatic carbocycles. The van der Waals surface area contributed by atoms with Gasteiger partial charge in [-0.05, 0) is 78.1 Å². The molecule has 0 atom stereocenters. The maximum absolute atomic E-state index is 13.1. The third kappa shape index (κ3) is 10.3.